The molecular formula is C13H25NO2. The molecule has 0 amide bonds. The molecule has 1 aliphatic carbocycles. The Morgan fingerprint density at radius 3 is 2.88 bits per heavy atom. The maximum absolute atomic E-state index is 6.04. The minimum atomic E-state index is 0.313. The molecule has 1 saturated carbocycles. The van der Waals surface area contributed by atoms with Crippen molar-refractivity contribution < 1.29 is 9.47 Å². The summed E-state index contributed by atoms with van der Waals surface area (Å²) >= 11 is 0. The van der Waals surface area contributed by atoms with Crippen LogP contribution in [0, 0.1) is 5.41 Å². The summed E-state index contributed by atoms with van der Waals surface area (Å²) in [5, 5.41) is 3.39. The monoisotopic (exact) mass is 227 g/mol. The van der Waals surface area contributed by atoms with Gasteiger partial charge in [-0.3, -0.25) is 0 Å². The van der Waals surface area contributed by atoms with E-state index in [0.29, 0.717) is 23.7 Å². The summed E-state index contributed by atoms with van der Waals surface area (Å²) in [6, 6.07) is 0.618. The summed E-state index contributed by atoms with van der Waals surface area (Å²) in [5.74, 6) is 0. The van der Waals surface area contributed by atoms with Crippen LogP contribution in [-0.4, -0.2) is 38.5 Å². The van der Waals surface area contributed by atoms with Gasteiger partial charge in [-0.1, -0.05) is 13.8 Å². The molecule has 1 heterocycles. The summed E-state index contributed by atoms with van der Waals surface area (Å²) in [6.07, 6.45) is 5.46. The Hall–Kier alpha value is -0.120. The fraction of sp³-hybridized carbons (Fsp3) is 1.00. The van der Waals surface area contributed by atoms with Gasteiger partial charge in [0, 0.05) is 18.1 Å². The third-order valence-electron chi connectivity index (χ3n) is 4.60. The fourth-order valence-electron chi connectivity index (χ4n) is 3.00. The van der Waals surface area contributed by atoms with Gasteiger partial charge in [0.1, 0.15) is 0 Å². The van der Waals surface area contributed by atoms with Crippen molar-refractivity contribution in [1.82, 2.24) is 5.32 Å². The molecule has 0 aromatic rings. The van der Waals surface area contributed by atoms with Gasteiger partial charge in [0.05, 0.1) is 18.8 Å². The highest BCUT2D eigenvalue weighted by Crippen LogP contribution is 2.45. The van der Waals surface area contributed by atoms with Gasteiger partial charge < -0.3 is 14.8 Å². The number of nitrogens with one attached hydrogen (secondary N) is 1. The van der Waals surface area contributed by atoms with Crippen LogP contribution in [0.15, 0.2) is 0 Å². The van der Waals surface area contributed by atoms with Gasteiger partial charge in [0.15, 0.2) is 0 Å². The SMILES string of the molecule is CCC1(C)C(NC)CC1OCC1CCCO1. The molecule has 3 heteroatoms. The van der Waals surface area contributed by atoms with Crippen molar-refractivity contribution in [1.29, 1.82) is 0 Å². The fourth-order valence-corrected chi connectivity index (χ4v) is 3.00. The van der Waals surface area contributed by atoms with Gasteiger partial charge in [-0.25, -0.2) is 0 Å². The maximum atomic E-state index is 6.04. The second-order valence-corrected chi connectivity index (χ2v) is 5.39. The second-order valence-electron chi connectivity index (χ2n) is 5.39. The number of hydrogen-bond acceptors (Lipinski definition) is 3. The lowest BCUT2D eigenvalue weighted by Crippen LogP contribution is -2.61. The van der Waals surface area contributed by atoms with Crippen LogP contribution in [0.25, 0.3) is 0 Å². The van der Waals surface area contributed by atoms with Crippen LogP contribution in [0.2, 0.25) is 0 Å². The van der Waals surface area contributed by atoms with Crippen LogP contribution in [-0.2, 0) is 9.47 Å². The van der Waals surface area contributed by atoms with E-state index in [1.165, 1.54) is 19.3 Å². The smallest absolute Gasteiger partial charge is 0.0809 e. The molecule has 4 unspecified atom stereocenters. The third kappa shape index (κ3) is 2.13. The predicted octanol–water partition coefficient (Wildman–Crippen LogP) is 1.96. The molecule has 94 valence electrons. The lowest BCUT2D eigenvalue weighted by molar-refractivity contribution is -0.144. The first-order valence-corrected chi connectivity index (χ1v) is 6.61. The predicted molar refractivity (Wildman–Crippen MR) is 64.6 cm³/mol. The molecule has 0 bridgehead atoms. The largest absolute Gasteiger partial charge is 0.376 e. The molecule has 2 rings (SSSR count). The van der Waals surface area contributed by atoms with E-state index < -0.39 is 0 Å². The average Bonchev–Trinajstić information content (AvgIpc) is 2.79. The molecule has 2 fully saturated rings. The van der Waals surface area contributed by atoms with Crippen LogP contribution >= 0.6 is 0 Å². The lowest BCUT2D eigenvalue weighted by atomic mass is 9.61. The average molecular weight is 227 g/mol. The van der Waals surface area contributed by atoms with Crippen molar-refractivity contribution in [3.05, 3.63) is 0 Å². The lowest BCUT2D eigenvalue weighted by Gasteiger charge is -2.53. The molecule has 1 N–H and O–H groups in total. The molecule has 0 aromatic heterocycles. The zero-order valence-corrected chi connectivity index (χ0v) is 10.8. The van der Waals surface area contributed by atoms with Crippen molar-refractivity contribution in [2.24, 2.45) is 5.41 Å². The summed E-state index contributed by atoms with van der Waals surface area (Å²) in [5.41, 5.74) is 0.313. The Morgan fingerprint density at radius 2 is 2.31 bits per heavy atom. The summed E-state index contributed by atoms with van der Waals surface area (Å²) in [4.78, 5) is 0. The van der Waals surface area contributed by atoms with Crippen molar-refractivity contribution >= 4 is 0 Å². The van der Waals surface area contributed by atoms with E-state index in [1.54, 1.807) is 0 Å². The van der Waals surface area contributed by atoms with Crippen LogP contribution in [0.4, 0.5) is 0 Å². The first-order chi connectivity index (χ1) is 7.70. The first-order valence-electron chi connectivity index (χ1n) is 6.61. The molecule has 3 nitrogen and oxygen atoms in total. The van der Waals surface area contributed by atoms with Gasteiger partial charge >= 0.3 is 0 Å². The quantitative estimate of drug-likeness (QED) is 0.779. The topological polar surface area (TPSA) is 30.5 Å². The van der Waals surface area contributed by atoms with Crippen LogP contribution < -0.4 is 5.32 Å². The zero-order chi connectivity index (χ0) is 11.6. The minimum absolute atomic E-state index is 0.313. The number of rotatable bonds is 5. The normalized spacial score (nSPS) is 43.3. The molecule has 0 spiro atoms. The molecule has 0 radical (unpaired) electrons. The molecule has 1 aliphatic heterocycles. The van der Waals surface area contributed by atoms with Crippen LogP contribution in [0.3, 0.4) is 0 Å². The molecule has 16 heavy (non-hydrogen) atoms. The molecule has 0 aromatic carbocycles. The van der Waals surface area contributed by atoms with Crippen molar-refractivity contribution in [3.63, 3.8) is 0 Å². The van der Waals surface area contributed by atoms with Gasteiger partial charge in [-0.05, 0) is 32.7 Å². The highest BCUT2D eigenvalue weighted by molar-refractivity contribution is 5.04. The summed E-state index contributed by atoms with van der Waals surface area (Å²) in [7, 11) is 2.05. The minimum Gasteiger partial charge on any atom is -0.376 e. The second kappa shape index (κ2) is 5.03. The van der Waals surface area contributed by atoms with E-state index in [2.05, 4.69) is 26.2 Å². The van der Waals surface area contributed by atoms with Crippen molar-refractivity contribution in [2.75, 3.05) is 20.3 Å². The third-order valence-corrected chi connectivity index (χ3v) is 4.60. The summed E-state index contributed by atoms with van der Waals surface area (Å²) < 4.78 is 11.6. The highest BCUT2D eigenvalue weighted by Gasteiger charge is 2.50. The van der Waals surface area contributed by atoms with E-state index in [-0.39, 0.29) is 0 Å². The van der Waals surface area contributed by atoms with Gasteiger partial charge in [0.25, 0.3) is 0 Å². The highest BCUT2D eigenvalue weighted by atomic mass is 16.5. The maximum Gasteiger partial charge on any atom is 0.0809 e. The Kier molecular flexibility index (Phi) is 3.88. The Labute approximate surface area is 98.9 Å². The molecule has 1 saturated heterocycles. The number of ether oxygens (including phenoxy) is 2. The van der Waals surface area contributed by atoms with E-state index in [1.807, 2.05) is 0 Å². The van der Waals surface area contributed by atoms with Crippen molar-refractivity contribution in [3.8, 4) is 0 Å². The number of hydrogen-bond donors (Lipinski definition) is 1. The molecular weight excluding hydrogens is 202 g/mol. The Bertz CT molecular complexity index is 228. The van der Waals surface area contributed by atoms with E-state index in [9.17, 15) is 0 Å². The summed E-state index contributed by atoms with van der Waals surface area (Å²) in [6.45, 7) is 6.29. The van der Waals surface area contributed by atoms with E-state index >= 15 is 0 Å². The van der Waals surface area contributed by atoms with Gasteiger partial charge in [-0.15, -0.1) is 0 Å². The van der Waals surface area contributed by atoms with E-state index in [0.717, 1.165) is 19.6 Å². The van der Waals surface area contributed by atoms with Crippen LogP contribution in [0.1, 0.15) is 39.5 Å². The van der Waals surface area contributed by atoms with Crippen molar-refractivity contribution in [2.45, 2.75) is 57.8 Å². The first kappa shape index (κ1) is 12.3. The standard InChI is InChI=1S/C13H25NO2/c1-4-13(2)11(14-3)8-12(13)16-9-10-6-5-7-15-10/h10-12,14H,4-9H2,1-3H3. The molecule has 2 aliphatic rings. The zero-order valence-electron chi connectivity index (χ0n) is 10.8. The van der Waals surface area contributed by atoms with Gasteiger partial charge in [-0.2, -0.15) is 0 Å². The molecule has 4 atom stereocenters. The Morgan fingerprint density at radius 1 is 1.50 bits per heavy atom. The van der Waals surface area contributed by atoms with Crippen LogP contribution in [0.5, 0.6) is 0 Å². The van der Waals surface area contributed by atoms with Gasteiger partial charge in [0.2, 0.25) is 0 Å². The Balaban J connectivity index is 1.77. The van der Waals surface area contributed by atoms with E-state index in [4.69, 9.17) is 9.47 Å².